The standard InChI is InChI=1S/C9H11ClN4S/c1-6(7-2-8(10)15-4-7)11-3-9-12-5-13-14-9/h2,4-6,11H,3H2,1H3,(H,12,13,14). The average Bonchev–Trinajstić information content (AvgIpc) is 2.84. The second-order valence-electron chi connectivity index (χ2n) is 3.22. The zero-order valence-corrected chi connectivity index (χ0v) is 9.77. The summed E-state index contributed by atoms with van der Waals surface area (Å²) in [6, 6.07) is 2.24. The number of hydrogen-bond donors (Lipinski definition) is 2. The summed E-state index contributed by atoms with van der Waals surface area (Å²) in [7, 11) is 0. The van der Waals surface area contributed by atoms with Crippen LogP contribution in [-0.2, 0) is 6.54 Å². The molecule has 6 heteroatoms. The quantitative estimate of drug-likeness (QED) is 0.866. The second-order valence-corrected chi connectivity index (χ2v) is 4.76. The van der Waals surface area contributed by atoms with Gasteiger partial charge in [0, 0.05) is 6.04 Å². The van der Waals surface area contributed by atoms with Gasteiger partial charge in [-0.2, -0.15) is 5.10 Å². The van der Waals surface area contributed by atoms with Crippen LogP contribution < -0.4 is 5.32 Å². The predicted molar refractivity (Wildman–Crippen MR) is 61.0 cm³/mol. The van der Waals surface area contributed by atoms with Crippen LogP contribution in [0.3, 0.4) is 0 Å². The van der Waals surface area contributed by atoms with Crippen LogP contribution in [0.25, 0.3) is 0 Å². The SMILES string of the molecule is CC(NCc1ncn[nH]1)c1csc(Cl)c1. The number of thiophene rings is 1. The summed E-state index contributed by atoms with van der Waals surface area (Å²) < 4.78 is 0.818. The molecule has 0 amide bonds. The number of aromatic nitrogens is 3. The number of nitrogens with zero attached hydrogens (tertiary/aromatic N) is 2. The van der Waals surface area contributed by atoms with E-state index in [1.807, 2.05) is 6.07 Å². The molecule has 0 aromatic carbocycles. The molecule has 2 rings (SSSR count). The van der Waals surface area contributed by atoms with Crippen molar-refractivity contribution in [3.05, 3.63) is 33.5 Å². The zero-order valence-electron chi connectivity index (χ0n) is 8.20. The summed E-state index contributed by atoms with van der Waals surface area (Å²) in [6.07, 6.45) is 1.50. The van der Waals surface area contributed by atoms with Gasteiger partial charge in [0.15, 0.2) is 0 Å². The number of H-pyrrole nitrogens is 1. The van der Waals surface area contributed by atoms with E-state index in [4.69, 9.17) is 11.6 Å². The molecule has 0 radical (unpaired) electrons. The van der Waals surface area contributed by atoms with E-state index in [1.165, 1.54) is 11.9 Å². The van der Waals surface area contributed by atoms with Crippen LogP contribution in [0.5, 0.6) is 0 Å². The average molecular weight is 243 g/mol. The van der Waals surface area contributed by atoms with Crippen LogP contribution in [0.1, 0.15) is 24.4 Å². The molecule has 4 nitrogen and oxygen atoms in total. The molecule has 1 unspecified atom stereocenters. The van der Waals surface area contributed by atoms with Crippen molar-refractivity contribution in [2.75, 3.05) is 0 Å². The molecule has 0 saturated carbocycles. The van der Waals surface area contributed by atoms with Gasteiger partial charge in [-0.1, -0.05) is 11.6 Å². The maximum absolute atomic E-state index is 5.87. The van der Waals surface area contributed by atoms with Crippen LogP contribution in [0.4, 0.5) is 0 Å². The van der Waals surface area contributed by atoms with E-state index in [1.54, 1.807) is 11.3 Å². The van der Waals surface area contributed by atoms with Gasteiger partial charge in [0.05, 0.1) is 10.9 Å². The molecule has 0 bridgehead atoms. The smallest absolute Gasteiger partial charge is 0.138 e. The Morgan fingerprint density at radius 2 is 2.53 bits per heavy atom. The molecule has 2 aromatic heterocycles. The third kappa shape index (κ3) is 2.77. The molecule has 0 aliphatic carbocycles. The third-order valence-corrected chi connectivity index (χ3v) is 3.24. The molecule has 15 heavy (non-hydrogen) atoms. The minimum atomic E-state index is 0.263. The summed E-state index contributed by atoms with van der Waals surface area (Å²) in [5.41, 5.74) is 1.20. The van der Waals surface area contributed by atoms with Gasteiger partial charge >= 0.3 is 0 Å². The van der Waals surface area contributed by atoms with Gasteiger partial charge in [-0.15, -0.1) is 11.3 Å². The van der Waals surface area contributed by atoms with Crippen molar-refractivity contribution in [3.63, 3.8) is 0 Å². The molecule has 2 heterocycles. The lowest BCUT2D eigenvalue weighted by molar-refractivity contribution is 0.561. The van der Waals surface area contributed by atoms with Crippen molar-refractivity contribution < 1.29 is 0 Å². The first kappa shape index (κ1) is 10.6. The summed E-state index contributed by atoms with van der Waals surface area (Å²) in [5, 5.41) is 12.0. The van der Waals surface area contributed by atoms with E-state index in [9.17, 15) is 0 Å². The highest BCUT2D eigenvalue weighted by Gasteiger charge is 2.07. The first-order chi connectivity index (χ1) is 7.25. The number of halogens is 1. The van der Waals surface area contributed by atoms with Gasteiger partial charge in [0.25, 0.3) is 0 Å². The van der Waals surface area contributed by atoms with Crippen LogP contribution in [-0.4, -0.2) is 15.2 Å². The topological polar surface area (TPSA) is 53.6 Å². The summed E-state index contributed by atoms with van der Waals surface area (Å²) in [6.45, 7) is 2.77. The highest BCUT2D eigenvalue weighted by atomic mass is 35.5. The lowest BCUT2D eigenvalue weighted by Crippen LogP contribution is -2.18. The molecule has 2 aromatic rings. The molecule has 2 N–H and O–H groups in total. The zero-order chi connectivity index (χ0) is 10.7. The van der Waals surface area contributed by atoms with E-state index in [-0.39, 0.29) is 6.04 Å². The summed E-state index contributed by atoms with van der Waals surface area (Å²) in [5.74, 6) is 0.836. The fourth-order valence-electron chi connectivity index (χ4n) is 1.23. The second kappa shape index (κ2) is 4.74. The Labute approximate surface area is 96.7 Å². The molecule has 0 saturated heterocycles. The fourth-order valence-corrected chi connectivity index (χ4v) is 2.22. The highest BCUT2D eigenvalue weighted by molar-refractivity contribution is 7.14. The molecule has 0 aliphatic heterocycles. The number of nitrogens with one attached hydrogen (secondary N) is 2. The molecule has 0 fully saturated rings. The Hall–Kier alpha value is -0.910. The molecule has 0 aliphatic rings. The normalized spacial score (nSPS) is 12.9. The largest absolute Gasteiger partial charge is 0.303 e. The van der Waals surface area contributed by atoms with Crippen molar-refractivity contribution >= 4 is 22.9 Å². The minimum absolute atomic E-state index is 0.263. The van der Waals surface area contributed by atoms with E-state index in [0.29, 0.717) is 6.54 Å². The van der Waals surface area contributed by atoms with Crippen LogP contribution >= 0.6 is 22.9 Å². The van der Waals surface area contributed by atoms with Gasteiger partial charge < -0.3 is 5.32 Å². The molecule has 0 spiro atoms. The maximum atomic E-state index is 5.87. The van der Waals surface area contributed by atoms with Crippen molar-refractivity contribution in [1.29, 1.82) is 0 Å². The van der Waals surface area contributed by atoms with Gasteiger partial charge in [-0.05, 0) is 23.9 Å². The Bertz CT molecular complexity index is 411. The number of aromatic amines is 1. The van der Waals surface area contributed by atoms with E-state index >= 15 is 0 Å². The van der Waals surface area contributed by atoms with Crippen LogP contribution in [0, 0.1) is 0 Å². The van der Waals surface area contributed by atoms with Gasteiger partial charge in [-0.25, -0.2) is 4.98 Å². The highest BCUT2D eigenvalue weighted by Crippen LogP contribution is 2.24. The Morgan fingerprint density at radius 1 is 1.67 bits per heavy atom. The van der Waals surface area contributed by atoms with Gasteiger partial charge in [0.2, 0.25) is 0 Å². The van der Waals surface area contributed by atoms with Gasteiger partial charge in [0.1, 0.15) is 12.2 Å². The van der Waals surface area contributed by atoms with Crippen LogP contribution in [0.15, 0.2) is 17.8 Å². The molecule has 1 atom stereocenters. The summed E-state index contributed by atoms with van der Waals surface area (Å²) in [4.78, 5) is 4.03. The van der Waals surface area contributed by atoms with Gasteiger partial charge in [-0.3, -0.25) is 5.10 Å². The molecular formula is C9H11ClN4S. The predicted octanol–water partition coefficient (Wildman–Crippen LogP) is 2.37. The third-order valence-electron chi connectivity index (χ3n) is 2.13. The van der Waals surface area contributed by atoms with E-state index < -0.39 is 0 Å². The Balaban J connectivity index is 1.90. The maximum Gasteiger partial charge on any atom is 0.138 e. The Morgan fingerprint density at radius 3 is 3.13 bits per heavy atom. The number of hydrogen-bond acceptors (Lipinski definition) is 4. The lowest BCUT2D eigenvalue weighted by Gasteiger charge is -2.10. The van der Waals surface area contributed by atoms with E-state index in [2.05, 4.69) is 32.8 Å². The van der Waals surface area contributed by atoms with Crippen molar-refractivity contribution in [1.82, 2.24) is 20.5 Å². The van der Waals surface area contributed by atoms with Crippen molar-refractivity contribution in [3.8, 4) is 0 Å². The fraction of sp³-hybridized carbons (Fsp3) is 0.333. The summed E-state index contributed by atoms with van der Waals surface area (Å²) >= 11 is 7.41. The van der Waals surface area contributed by atoms with Crippen molar-refractivity contribution in [2.24, 2.45) is 0 Å². The Kier molecular flexibility index (Phi) is 3.35. The first-order valence-electron chi connectivity index (χ1n) is 4.57. The molecule has 80 valence electrons. The van der Waals surface area contributed by atoms with E-state index in [0.717, 1.165) is 10.2 Å². The lowest BCUT2D eigenvalue weighted by atomic mass is 10.2. The molecular weight excluding hydrogens is 232 g/mol. The van der Waals surface area contributed by atoms with Crippen molar-refractivity contribution in [2.45, 2.75) is 19.5 Å². The first-order valence-corrected chi connectivity index (χ1v) is 5.83. The number of rotatable bonds is 4. The monoisotopic (exact) mass is 242 g/mol. The van der Waals surface area contributed by atoms with Crippen LogP contribution in [0.2, 0.25) is 4.34 Å². The minimum Gasteiger partial charge on any atom is -0.303 e.